The molecule has 1 heterocycles. The molecule has 1 aromatic carbocycles. The molecule has 6 heteroatoms. The zero-order valence-electron chi connectivity index (χ0n) is 9.70. The third-order valence-electron chi connectivity index (χ3n) is 2.92. The second-order valence-electron chi connectivity index (χ2n) is 4.11. The molecule has 3 nitrogen and oxygen atoms in total. The minimum Gasteiger partial charge on any atom is -0.341 e. The molecular formula is C12H13ClFNO2S. The van der Waals surface area contributed by atoms with Crippen LogP contribution in [0, 0.1) is 5.82 Å². The number of hydrogen-bond donors (Lipinski definition) is 0. The highest BCUT2D eigenvalue weighted by molar-refractivity contribution is 7.85. The lowest BCUT2D eigenvalue weighted by Crippen LogP contribution is -2.42. The van der Waals surface area contributed by atoms with Crippen molar-refractivity contribution < 1.29 is 13.4 Å². The fraction of sp³-hybridized carbons (Fsp3) is 0.417. The number of carbonyl (C=O) groups excluding carboxylic acids is 1. The van der Waals surface area contributed by atoms with Crippen molar-refractivity contribution in [2.24, 2.45) is 0 Å². The predicted molar refractivity (Wildman–Crippen MR) is 69.6 cm³/mol. The van der Waals surface area contributed by atoms with Gasteiger partial charge in [0.15, 0.2) is 0 Å². The van der Waals surface area contributed by atoms with Crippen LogP contribution >= 0.6 is 11.6 Å². The zero-order chi connectivity index (χ0) is 13.1. The standard InChI is InChI=1S/C12H13ClFNO2S/c13-10-2-1-3-11(14)9(10)8-12(16)15-4-6-18(17)7-5-15/h1-3H,4-8H2. The molecule has 0 unspecified atom stereocenters. The lowest BCUT2D eigenvalue weighted by atomic mass is 10.1. The SMILES string of the molecule is O=C(Cc1c(F)cccc1Cl)N1CCS(=O)CC1. The highest BCUT2D eigenvalue weighted by Crippen LogP contribution is 2.20. The molecule has 0 saturated carbocycles. The van der Waals surface area contributed by atoms with Gasteiger partial charge in [0.1, 0.15) is 5.82 Å². The number of nitrogens with zero attached hydrogens (tertiary/aromatic N) is 1. The van der Waals surface area contributed by atoms with Crippen LogP contribution in [0.15, 0.2) is 18.2 Å². The van der Waals surface area contributed by atoms with Crippen molar-refractivity contribution in [1.82, 2.24) is 4.90 Å². The average molecular weight is 290 g/mol. The van der Waals surface area contributed by atoms with Crippen LogP contribution in [-0.2, 0) is 22.0 Å². The summed E-state index contributed by atoms with van der Waals surface area (Å²) >= 11 is 5.88. The van der Waals surface area contributed by atoms with Crippen molar-refractivity contribution in [1.29, 1.82) is 0 Å². The molecule has 1 saturated heterocycles. The monoisotopic (exact) mass is 289 g/mol. The molecule has 1 fully saturated rings. The third-order valence-corrected chi connectivity index (χ3v) is 4.55. The van der Waals surface area contributed by atoms with Gasteiger partial charge in [0.2, 0.25) is 5.91 Å². The summed E-state index contributed by atoms with van der Waals surface area (Å²) in [5.74, 6) is 0.364. The minimum absolute atomic E-state index is 0.0435. The van der Waals surface area contributed by atoms with Crippen molar-refractivity contribution in [3.63, 3.8) is 0 Å². The Hall–Kier alpha value is -0.940. The molecule has 0 radical (unpaired) electrons. The van der Waals surface area contributed by atoms with Crippen LogP contribution in [-0.4, -0.2) is 39.6 Å². The number of carbonyl (C=O) groups is 1. The molecule has 0 aliphatic carbocycles. The summed E-state index contributed by atoms with van der Waals surface area (Å²) in [5, 5.41) is 0.268. The molecule has 1 amide bonds. The van der Waals surface area contributed by atoms with E-state index in [4.69, 9.17) is 11.6 Å². The molecule has 1 aliphatic rings. The lowest BCUT2D eigenvalue weighted by Gasteiger charge is -2.26. The van der Waals surface area contributed by atoms with E-state index in [0.717, 1.165) is 0 Å². The molecule has 2 rings (SSSR count). The van der Waals surface area contributed by atoms with Gasteiger partial charge in [-0.05, 0) is 12.1 Å². The van der Waals surface area contributed by atoms with E-state index in [9.17, 15) is 13.4 Å². The molecule has 0 aromatic heterocycles. The normalized spacial score (nSPS) is 16.9. The third kappa shape index (κ3) is 3.09. The van der Waals surface area contributed by atoms with E-state index in [-0.39, 0.29) is 22.9 Å². The summed E-state index contributed by atoms with van der Waals surface area (Å²) in [4.78, 5) is 13.6. The minimum atomic E-state index is -0.827. The van der Waals surface area contributed by atoms with E-state index in [0.29, 0.717) is 24.6 Å². The molecule has 1 aliphatic heterocycles. The van der Waals surface area contributed by atoms with Gasteiger partial charge in [-0.25, -0.2) is 4.39 Å². The van der Waals surface area contributed by atoms with Gasteiger partial charge >= 0.3 is 0 Å². The molecule has 0 N–H and O–H groups in total. The highest BCUT2D eigenvalue weighted by Gasteiger charge is 2.21. The summed E-state index contributed by atoms with van der Waals surface area (Å²) in [6.45, 7) is 0.940. The summed E-state index contributed by atoms with van der Waals surface area (Å²) in [6.07, 6.45) is -0.0435. The van der Waals surface area contributed by atoms with Gasteiger partial charge in [-0.15, -0.1) is 0 Å². The lowest BCUT2D eigenvalue weighted by molar-refractivity contribution is -0.130. The quantitative estimate of drug-likeness (QED) is 0.829. The van der Waals surface area contributed by atoms with Gasteiger partial charge < -0.3 is 4.90 Å². The second-order valence-corrected chi connectivity index (χ2v) is 6.21. The van der Waals surface area contributed by atoms with Gasteiger partial charge in [-0.1, -0.05) is 17.7 Å². The Labute approximate surface area is 112 Å². The summed E-state index contributed by atoms with van der Waals surface area (Å²) in [6, 6.07) is 4.37. The first kappa shape index (κ1) is 13.5. The Kier molecular flexibility index (Phi) is 4.35. The topological polar surface area (TPSA) is 37.4 Å². The second kappa shape index (κ2) is 5.80. The molecule has 0 spiro atoms. The first-order chi connectivity index (χ1) is 8.58. The van der Waals surface area contributed by atoms with E-state index in [1.807, 2.05) is 0 Å². The van der Waals surface area contributed by atoms with Gasteiger partial charge in [-0.3, -0.25) is 9.00 Å². The van der Waals surface area contributed by atoms with Gasteiger partial charge in [-0.2, -0.15) is 0 Å². The highest BCUT2D eigenvalue weighted by atomic mass is 35.5. The maximum Gasteiger partial charge on any atom is 0.227 e. The largest absolute Gasteiger partial charge is 0.341 e. The number of rotatable bonds is 2. The van der Waals surface area contributed by atoms with Crippen LogP contribution in [0.3, 0.4) is 0 Å². The maximum atomic E-state index is 13.5. The van der Waals surface area contributed by atoms with Crippen LogP contribution < -0.4 is 0 Å². The van der Waals surface area contributed by atoms with E-state index in [1.165, 1.54) is 12.1 Å². The number of benzene rings is 1. The molecule has 18 heavy (non-hydrogen) atoms. The van der Waals surface area contributed by atoms with Crippen LogP contribution in [0.1, 0.15) is 5.56 Å². The fourth-order valence-corrected chi connectivity index (χ4v) is 3.13. The molecule has 0 atom stereocenters. The summed E-state index contributed by atoms with van der Waals surface area (Å²) in [5.41, 5.74) is 0.232. The maximum absolute atomic E-state index is 13.5. The molecular weight excluding hydrogens is 277 g/mol. The summed E-state index contributed by atoms with van der Waals surface area (Å²) in [7, 11) is -0.827. The van der Waals surface area contributed by atoms with E-state index in [1.54, 1.807) is 11.0 Å². The van der Waals surface area contributed by atoms with Gasteiger partial charge in [0, 0.05) is 46.0 Å². The van der Waals surface area contributed by atoms with Gasteiger partial charge in [0.05, 0.1) is 6.42 Å². The molecule has 98 valence electrons. The predicted octanol–water partition coefficient (Wildman–Crippen LogP) is 1.61. The van der Waals surface area contributed by atoms with Crippen LogP contribution in [0.5, 0.6) is 0 Å². The van der Waals surface area contributed by atoms with E-state index >= 15 is 0 Å². The van der Waals surface area contributed by atoms with E-state index in [2.05, 4.69) is 0 Å². The first-order valence-corrected chi connectivity index (χ1v) is 7.50. The Balaban J connectivity index is 2.05. The van der Waals surface area contributed by atoms with Gasteiger partial charge in [0.25, 0.3) is 0 Å². The van der Waals surface area contributed by atoms with E-state index < -0.39 is 16.6 Å². The average Bonchev–Trinajstić information content (AvgIpc) is 2.34. The summed E-state index contributed by atoms with van der Waals surface area (Å²) < 4.78 is 24.7. The molecule has 1 aromatic rings. The Morgan fingerprint density at radius 3 is 2.67 bits per heavy atom. The van der Waals surface area contributed by atoms with Crippen LogP contribution in [0.4, 0.5) is 4.39 Å². The van der Waals surface area contributed by atoms with Crippen molar-refractivity contribution in [3.8, 4) is 0 Å². The Morgan fingerprint density at radius 1 is 1.39 bits per heavy atom. The smallest absolute Gasteiger partial charge is 0.227 e. The Bertz CT molecular complexity index is 465. The number of hydrogen-bond acceptors (Lipinski definition) is 2. The van der Waals surface area contributed by atoms with Crippen LogP contribution in [0.25, 0.3) is 0 Å². The molecule has 0 bridgehead atoms. The number of halogens is 2. The van der Waals surface area contributed by atoms with Crippen LogP contribution in [0.2, 0.25) is 5.02 Å². The van der Waals surface area contributed by atoms with Crippen molar-refractivity contribution in [3.05, 3.63) is 34.6 Å². The fourth-order valence-electron chi connectivity index (χ4n) is 1.85. The van der Waals surface area contributed by atoms with Crippen molar-refractivity contribution in [2.45, 2.75) is 6.42 Å². The Morgan fingerprint density at radius 2 is 2.06 bits per heavy atom. The zero-order valence-corrected chi connectivity index (χ0v) is 11.3. The number of amides is 1. The van der Waals surface area contributed by atoms with Crippen molar-refractivity contribution in [2.75, 3.05) is 24.6 Å². The first-order valence-electron chi connectivity index (χ1n) is 5.63. The van der Waals surface area contributed by atoms with Crippen molar-refractivity contribution >= 4 is 28.3 Å².